The van der Waals surface area contributed by atoms with Crippen LogP contribution in [0.15, 0.2) is 0 Å². The van der Waals surface area contributed by atoms with E-state index in [0.29, 0.717) is 6.42 Å². The van der Waals surface area contributed by atoms with Crippen LogP contribution in [0.4, 0.5) is 0 Å². The number of carbonyl (C=O) groups is 1. The molecule has 114 valence electrons. The van der Waals surface area contributed by atoms with E-state index in [0.717, 1.165) is 44.6 Å². The number of nitrogens with one attached hydrogen (secondary N) is 2. The van der Waals surface area contributed by atoms with Gasteiger partial charge in [-0.05, 0) is 53.2 Å². The van der Waals surface area contributed by atoms with Gasteiger partial charge in [-0.1, -0.05) is 21.6 Å². The second kappa shape index (κ2) is 11.9. The average Bonchev–Trinajstić information content (AvgIpc) is 2.38. The van der Waals surface area contributed by atoms with Gasteiger partial charge in [-0.2, -0.15) is 0 Å². The fourth-order valence-electron chi connectivity index (χ4n) is 1.36. The maximum atomic E-state index is 11.7. The predicted molar refractivity (Wildman–Crippen MR) is 88.6 cm³/mol. The van der Waals surface area contributed by atoms with Crippen LogP contribution in [0, 0.1) is 0 Å². The molecule has 0 saturated heterocycles. The molecule has 0 spiro atoms. The Balaban J connectivity index is 3.62. The van der Waals surface area contributed by atoms with Gasteiger partial charge in [0.25, 0.3) is 0 Å². The zero-order chi connectivity index (χ0) is 14.6. The fourth-order valence-corrected chi connectivity index (χ4v) is 3.92. The first-order chi connectivity index (χ1) is 9.02. The van der Waals surface area contributed by atoms with Crippen LogP contribution in [0.5, 0.6) is 0 Å². The molecule has 4 N–H and O–H groups in total. The van der Waals surface area contributed by atoms with Crippen molar-refractivity contribution in [3.63, 3.8) is 0 Å². The zero-order valence-electron chi connectivity index (χ0n) is 12.5. The number of carbonyl (C=O) groups excluding carboxylic acids is 1. The summed E-state index contributed by atoms with van der Waals surface area (Å²) in [5.41, 5.74) is 5.46. The van der Waals surface area contributed by atoms with Gasteiger partial charge in [0.15, 0.2) is 0 Å². The maximum Gasteiger partial charge on any atom is 0.220 e. The molecule has 1 amide bonds. The minimum atomic E-state index is 0.0693. The summed E-state index contributed by atoms with van der Waals surface area (Å²) < 4.78 is 0.0693. The van der Waals surface area contributed by atoms with Crippen LogP contribution in [0.2, 0.25) is 0 Å². The molecule has 0 atom stereocenters. The smallest absolute Gasteiger partial charge is 0.220 e. The summed E-state index contributed by atoms with van der Waals surface area (Å²) in [6.45, 7) is 6.77. The highest BCUT2D eigenvalue weighted by Crippen LogP contribution is 2.35. The average molecular weight is 308 g/mol. The van der Waals surface area contributed by atoms with Crippen molar-refractivity contribution in [2.75, 3.05) is 32.4 Å². The highest BCUT2D eigenvalue weighted by Gasteiger charge is 2.19. The van der Waals surface area contributed by atoms with Crippen molar-refractivity contribution in [1.82, 2.24) is 10.6 Å². The monoisotopic (exact) mass is 307 g/mol. The quantitative estimate of drug-likeness (QED) is 0.380. The Bertz CT molecular complexity index is 238. The summed E-state index contributed by atoms with van der Waals surface area (Å²) in [6, 6.07) is 0. The molecule has 0 bridgehead atoms. The molecule has 0 unspecified atom stereocenters. The van der Waals surface area contributed by atoms with Crippen LogP contribution >= 0.6 is 21.6 Å². The van der Waals surface area contributed by atoms with Crippen molar-refractivity contribution in [2.45, 2.75) is 44.3 Å². The van der Waals surface area contributed by atoms with Gasteiger partial charge in [0.1, 0.15) is 0 Å². The molecule has 0 aliphatic carbocycles. The standard InChI is InChI=1S/C13H29N3OS2/c1-13(2,19-18-10-6-8-14)11-16-12(17)7-4-5-9-15-3/h15H,4-11,14H2,1-3H3,(H,16,17). The van der Waals surface area contributed by atoms with Gasteiger partial charge in [0.05, 0.1) is 0 Å². The third-order valence-electron chi connectivity index (χ3n) is 2.51. The third-order valence-corrected chi connectivity index (χ3v) is 5.88. The molecule has 19 heavy (non-hydrogen) atoms. The van der Waals surface area contributed by atoms with Crippen LogP contribution in [-0.4, -0.2) is 43.1 Å². The summed E-state index contributed by atoms with van der Waals surface area (Å²) in [5, 5.41) is 6.11. The van der Waals surface area contributed by atoms with E-state index in [1.54, 1.807) is 0 Å². The Hall–Kier alpha value is 0.0900. The van der Waals surface area contributed by atoms with Crippen molar-refractivity contribution in [1.29, 1.82) is 0 Å². The van der Waals surface area contributed by atoms with E-state index >= 15 is 0 Å². The van der Waals surface area contributed by atoms with Crippen LogP contribution in [0.1, 0.15) is 39.5 Å². The lowest BCUT2D eigenvalue weighted by Crippen LogP contribution is -2.35. The maximum absolute atomic E-state index is 11.7. The summed E-state index contributed by atoms with van der Waals surface area (Å²) >= 11 is 0. The number of unbranched alkanes of at least 4 members (excludes halogenated alkanes) is 1. The van der Waals surface area contributed by atoms with Crippen molar-refractivity contribution >= 4 is 27.5 Å². The second-order valence-electron chi connectivity index (χ2n) is 5.14. The lowest BCUT2D eigenvalue weighted by atomic mass is 10.2. The first-order valence-corrected chi connectivity index (χ1v) is 9.25. The molecule has 0 aliphatic heterocycles. The van der Waals surface area contributed by atoms with Gasteiger partial charge >= 0.3 is 0 Å². The summed E-state index contributed by atoms with van der Waals surface area (Å²) in [4.78, 5) is 11.7. The van der Waals surface area contributed by atoms with Gasteiger partial charge in [-0.25, -0.2) is 0 Å². The second-order valence-corrected chi connectivity index (χ2v) is 8.27. The van der Waals surface area contributed by atoms with E-state index in [4.69, 9.17) is 5.73 Å². The highest BCUT2D eigenvalue weighted by molar-refractivity contribution is 8.77. The summed E-state index contributed by atoms with van der Waals surface area (Å²) in [7, 11) is 5.60. The molecule has 0 aromatic carbocycles. The van der Waals surface area contributed by atoms with Crippen molar-refractivity contribution in [2.24, 2.45) is 5.73 Å². The summed E-state index contributed by atoms with van der Waals surface area (Å²) in [5.74, 6) is 1.24. The Morgan fingerprint density at radius 3 is 2.63 bits per heavy atom. The molecule has 0 aliphatic rings. The molecule has 0 aromatic heterocycles. The molecule has 4 nitrogen and oxygen atoms in total. The molecule has 0 fully saturated rings. The Morgan fingerprint density at radius 2 is 2.00 bits per heavy atom. The minimum Gasteiger partial charge on any atom is -0.355 e. The van der Waals surface area contributed by atoms with Crippen LogP contribution in [0.3, 0.4) is 0 Å². The minimum absolute atomic E-state index is 0.0693. The normalized spacial score (nSPS) is 11.6. The largest absolute Gasteiger partial charge is 0.355 e. The SMILES string of the molecule is CNCCCCC(=O)NCC(C)(C)SSCCCN. The van der Waals surface area contributed by atoms with Gasteiger partial charge < -0.3 is 16.4 Å². The molecular formula is C13H29N3OS2. The molecule has 0 saturated carbocycles. The van der Waals surface area contributed by atoms with Gasteiger partial charge in [-0.15, -0.1) is 0 Å². The Morgan fingerprint density at radius 1 is 1.26 bits per heavy atom. The lowest BCUT2D eigenvalue weighted by molar-refractivity contribution is -0.121. The van der Waals surface area contributed by atoms with Crippen molar-refractivity contribution < 1.29 is 4.79 Å². The number of amides is 1. The Labute approximate surface area is 125 Å². The van der Waals surface area contributed by atoms with Crippen molar-refractivity contribution in [3.05, 3.63) is 0 Å². The molecule has 0 heterocycles. The Kier molecular flexibility index (Phi) is 11.9. The number of nitrogens with two attached hydrogens (primary N) is 1. The highest BCUT2D eigenvalue weighted by atomic mass is 33.1. The van der Waals surface area contributed by atoms with E-state index in [9.17, 15) is 4.79 Å². The summed E-state index contributed by atoms with van der Waals surface area (Å²) in [6.07, 6.45) is 3.68. The third kappa shape index (κ3) is 12.9. The molecular weight excluding hydrogens is 278 g/mol. The number of rotatable bonds is 12. The van der Waals surface area contributed by atoms with E-state index in [-0.39, 0.29) is 10.7 Å². The van der Waals surface area contributed by atoms with Gasteiger partial charge in [-0.3, -0.25) is 4.79 Å². The first-order valence-electron chi connectivity index (χ1n) is 6.94. The first kappa shape index (κ1) is 19.1. The van der Waals surface area contributed by atoms with Gasteiger partial charge in [0.2, 0.25) is 5.91 Å². The zero-order valence-corrected chi connectivity index (χ0v) is 14.1. The fraction of sp³-hybridized carbons (Fsp3) is 0.923. The van der Waals surface area contributed by atoms with Crippen LogP contribution in [0.25, 0.3) is 0 Å². The molecule has 6 heteroatoms. The van der Waals surface area contributed by atoms with E-state index < -0.39 is 0 Å². The number of hydrogen-bond donors (Lipinski definition) is 3. The van der Waals surface area contributed by atoms with E-state index in [1.807, 2.05) is 28.6 Å². The van der Waals surface area contributed by atoms with Crippen LogP contribution in [-0.2, 0) is 4.79 Å². The lowest BCUT2D eigenvalue weighted by Gasteiger charge is -2.23. The molecule has 0 aromatic rings. The van der Waals surface area contributed by atoms with Crippen LogP contribution < -0.4 is 16.4 Å². The van der Waals surface area contributed by atoms with E-state index in [1.165, 1.54) is 0 Å². The van der Waals surface area contributed by atoms with Gasteiger partial charge in [0, 0.05) is 23.5 Å². The van der Waals surface area contributed by atoms with E-state index in [2.05, 4.69) is 24.5 Å². The topological polar surface area (TPSA) is 67.2 Å². The van der Waals surface area contributed by atoms with Crippen molar-refractivity contribution in [3.8, 4) is 0 Å². The predicted octanol–water partition coefficient (Wildman–Crippen LogP) is 2.00. The molecule has 0 radical (unpaired) electrons. The number of hydrogen-bond acceptors (Lipinski definition) is 5. The molecule has 0 rings (SSSR count).